The Morgan fingerprint density at radius 1 is 1.50 bits per heavy atom. The lowest BCUT2D eigenvalue weighted by atomic mass is 10.5. The van der Waals surface area contributed by atoms with E-state index in [2.05, 4.69) is 0 Å². The molecule has 0 radical (unpaired) electrons. The monoisotopic (exact) mass is 101 g/mol. The zero-order valence-electron chi connectivity index (χ0n) is 3.81. The van der Waals surface area contributed by atoms with Crippen molar-refractivity contribution in [1.82, 2.24) is 0 Å². The van der Waals surface area contributed by atoms with E-state index >= 15 is 0 Å². The quantitative estimate of drug-likeness (QED) is 0.397. The first kappa shape index (κ1) is 4.34. The summed E-state index contributed by atoms with van der Waals surface area (Å²) in [6, 6.07) is 1.46. The van der Waals surface area contributed by atoms with Crippen LogP contribution in [0.2, 0.25) is 6.04 Å². The van der Waals surface area contributed by atoms with Gasteiger partial charge in [-0.25, -0.2) is 0 Å². The van der Waals surface area contributed by atoms with Crippen LogP contribution in [0, 0.1) is 0 Å². The number of rotatable bonds is 0. The second-order valence-electron chi connectivity index (χ2n) is 1.51. The Balaban J connectivity index is 2.00. The van der Waals surface area contributed by atoms with Crippen molar-refractivity contribution in [3.63, 3.8) is 0 Å². The second-order valence-corrected chi connectivity index (χ2v) is 2.99. The predicted octanol–water partition coefficient (Wildman–Crippen LogP) is 0.219. The summed E-state index contributed by atoms with van der Waals surface area (Å²) >= 11 is 0. The maximum absolute atomic E-state index is 5.11. The summed E-state index contributed by atoms with van der Waals surface area (Å²) < 4.78 is 5.11. The van der Waals surface area contributed by atoms with Gasteiger partial charge in [0.1, 0.15) is 0 Å². The molecular formula is C4H9OSi+. The van der Waals surface area contributed by atoms with Gasteiger partial charge >= 0.3 is 9.52 Å². The standard InChI is InChI=1S/C4H9OSi/c1-2-5-4-6-3-1/h6H,1-4H2/q+1. The molecule has 34 valence electrons. The molecule has 0 atom stereocenters. The Morgan fingerprint density at radius 2 is 2.50 bits per heavy atom. The van der Waals surface area contributed by atoms with Crippen LogP contribution in [-0.4, -0.2) is 22.4 Å². The van der Waals surface area contributed by atoms with Crippen LogP contribution in [0.5, 0.6) is 0 Å². The van der Waals surface area contributed by atoms with Crippen molar-refractivity contribution in [1.29, 1.82) is 0 Å². The van der Waals surface area contributed by atoms with Gasteiger partial charge in [0.15, 0.2) is 6.23 Å². The largest absolute Gasteiger partial charge is 0.352 e. The topological polar surface area (TPSA) is 9.23 Å². The normalized spacial score (nSPS) is 22.7. The molecule has 0 unspecified atom stereocenters. The van der Waals surface area contributed by atoms with E-state index in [4.69, 9.17) is 4.74 Å². The fourth-order valence-electron chi connectivity index (χ4n) is 0.580. The van der Waals surface area contributed by atoms with E-state index in [0.29, 0.717) is 9.52 Å². The highest BCUT2D eigenvalue weighted by molar-refractivity contribution is 6.35. The lowest BCUT2D eigenvalue weighted by Gasteiger charge is -1.98. The molecule has 0 aromatic carbocycles. The zero-order chi connectivity index (χ0) is 4.24. The zero-order valence-corrected chi connectivity index (χ0v) is 4.97. The highest BCUT2D eigenvalue weighted by atomic mass is 28.2. The number of hydrogen-bond acceptors (Lipinski definition) is 1. The molecule has 1 saturated heterocycles. The van der Waals surface area contributed by atoms with Crippen LogP contribution in [0.3, 0.4) is 0 Å². The van der Waals surface area contributed by atoms with E-state index in [1.807, 2.05) is 0 Å². The molecule has 6 heavy (non-hydrogen) atoms. The second kappa shape index (κ2) is 2.37. The highest BCUT2D eigenvalue weighted by Crippen LogP contribution is 1.95. The summed E-state index contributed by atoms with van der Waals surface area (Å²) in [5, 5.41) is 0. The molecule has 0 aromatic rings. The maximum atomic E-state index is 5.11. The third-order valence-corrected chi connectivity index (χ3v) is 2.22. The van der Waals surface area contributed by atoms with Gasteiger partial charge in [-0.2, -0.15) is 0 Å². The van der Waals surface area contributed by atoms with Crippen LogP contribution < -0.4 is 0 Å². The number of ether oxygens (including phenoxy) is 1. The summed E-state index contributed by atoms with van der Waals surface area (Å²) in [5.41, 5.74) is 0. The van der Waals surface area contributed by atoms with E-state index in [-0.39, 0.29) is 0 Å². The van der Waals surface area contributed by atoms with Gasteiger partial charge in [-0.3, -0.25) is 0 Å². The molecule has 1 heterocycles. The van der Waals surface area contributed by atoms with Crippen LogP contribution in [0.1, 0.15) is 6.42 Å². The van der Waals surface area contributed by atoms with Crippen molar-refractivity contribution in [3.8, 4) is 0 Å². The molecular weight excluding hydrogens is 92.1 g/mol. The average Bonchev–Trinajstić information content (AvgIpc) is 1.72. The molecule has 0 amide bonds. The summed E-state index contributed by atoms with van der Waals surface area (Å²) in [6.45, 7) is 1.02. The third kappa shape index (κ3) is 1.10. The Bertz CT molecular complexity index is 23.0. The Hall–Kier alpha value is 0.177. The van der Waals surface area contributed by atoms with Crippen molar-refractivity contribution in [2.45, 2.75) is 12.5 Å². The van der Waals surface area contributed by atoms with Gasteiger partial charge in [0, 0.05) is 0 Å². The Morgan fingerprint density at radius 3 is 2.67 bits per heavy atom. The fraction of sp³-hybridized carbons (Fsp3) is 1.00. The fourth-order valence-corrected chi connectivity index (χ4v) is 1.54. The van der Waals surface area contributed by atoms with Crippen LogP contribution in [-0.2, 0) is 4.74 Å². The molecule has 1 nitrogen and oxygen atoms in total. The van der Waals surface area contributed by atoms with Gasteiger partial charge in [-0.15, -0.1) is 0 Å². The van der Waals surface area contributed by atoms with Crippen molar-refractivity contribution >= 4 is 9.52 Å². The third-order valence-electron chi connectivity index (χ3n) is 0.933. The minimum atomic E-state index is 0.683. The summed E-state index contributed by atoms with van der Waals surface area (Å²) in [4.78, 5) is 0. The summed E-state index contributed by atoms with van der Waals surface area (Å²) in [5.74, 6) is 0. The van der Waals surface area contributed by atoms with Crippen LogP contribution in [0.4, 0.5) is 0 Å². The minimum Gasteiger partial charge on any atom is -0.352 e. The smallest absolute Gasteiger partial charge is 0.328 e. The van der Waals surface area contributed by atoms with Crippen LogP contribution in [0.15, 0.2) is 0 Å². The molecule has 0 spiro atoms. The summed E-state index contributed by atoms with van der Waals surface area (Å²) in [6.07, 6.45) is 2.40. The van der Waals surface area contributed by atoms with Crippen molar-refractivity contribution < 1.29 is 4.74 Å². The molecule has 0 aliphatic carbocycles. The molecule has 1 fully saturated rings. The first-order chi connectivity index (χ1) is 3.00. The molecule has 0 N–H and O–H groups in total. The van der Waals surface area contributed by atoms with Gasteiger partial charge in [-0.05, 0) is 6.42 Å². The van der Waals surface area contributed by atoms with Gasteiger partial charge in [0.05, 0.1) is 12.7 Å². The van der Waals surface area contributed by atoms with E-state index in [1.165, 1.54) is 12.5 Å². The lowest BCUT2D eigenvalue weighted by Crippen LogP contribution is -2.11. The van der Waals surface area contributed by atoms with E-state index < -0.39 is 0 Å². The van der Waals surface area contributed by atoms with Gasteiger partial charge in [0.25, 0.3) is 0 Å². The van der Waals surface area contributed by atoms with E-state index in [0.717, 1.165) is 12.8 Å². The Kier molecular flexibility index (Phi) is 1.71. The van der Waals surface area contributed by atoms with Gasteiger partial charge in [-0.1, -0.05) is 0 Å². The number of hydrogen-bond donors (Lipinski definition) is 0. The Labute approximate surface area is 40.5 Å². The van der Waals surface area contributed by atoms with E-state index in [1.54, 1.807) is 0 Å². The first-order valence-electron chi connectivity index (χ1n) is 2.39. The molecule has 1 aliphatic rings. The van der Waals surface area contributed by atoms with Gasteiger partial charge < -0.3 is 4.74 Å². The SMILES string of the molecule is C1COC[SiH+]C1. The molecule has 1 rings (SSSR count). The van der Waals surface area contributed by atoms with Crippen molar-refractivity contribution in [2.75, 3.05) is 12.8 Å². The average molecular weight is 101 g/mol. The minimum absolute atomic E-state index is 0.683. The maximum Gasteiger partial charge on any atom is 0.328 e. The predicted molar refractivity (Wildman–Crippen MR) is 27.4 cm³/mol. The molecule has 2 heteroatoms. The highest BCUT2D eigenvalue weighted by Gasteiger charge is 2.07. The first-order valence-corrected chi connectivity index (χ1v) is 4.03. The molecule has 1 aliphatic heterocycles. The van der Waals surface area contributed by atoms with Gasteiger partial charge in [0.2, 0.25) is 0 Å². The van der Waals surface area contributed by atoms with E-state index in [9.17, 15) is 0 Å². The molecule has 0 bridgehead atoms. The summed E-state index contributed by atoms with van der Waals surface area (Å²) in [7, 11) is 0.683. The van der Waals surface area contributed by atoms with Crippen LogP contribution >= 0.6 is 0 Å². The van der Waals surface area contributed by atoms with Crippen molar-refractivity contribution in [3.05, 3.63) is 0 Å². The van der Waals surface area contributed by atoms with Crippen LogP contribution in [0.25, 0.3) is 0 Å². The van der Waals surface area contributed by atoms with Crippen molar-refractivity contribution in [2.24, 2.45) is 0 Å². The lowest BCUT2D eigenvalue weighted by molar-refractivity contribution is 0.166. The molecule has 0 aromatic heterocycles. The molecule has 0 saturated carbocycles.